The molecule has 0 saturated carbocycles. The Kier molecular flexibility index (Phi) is 3.74. The molecule has 0 aliphatic heterocycles. The van der Waals surface area contributed by atoms with Crippen LogP contribution in [-0.2, 0) is 0 Å². The van der Waals surface area contributed by atoms with Crippen molar-refractivity contribution < 1.29 is 9.18 Å². The van der Waals surface area contributed by atoms with Crippen LogP contribution in [0.4, 0.5) is 10.1 Å². The summed E-state index contributed by atoms with van der Waals surface area (Å²) in [6.07, 6.45) is 2.57. The summed E-state index contributed by atoms with van der Waals surface area (Å²) in [5, 5.41) is 2.68. The van der Waals surface area contributed by atoms with Crippen LogP contribution < -0.4 is 5.32 Å². The Morgan fingerprint density at radius 2 is 2.06 bits per heavy atom. The fourth-order valence-electron chi connectivity index (χ4n) is 1.23. The monoisotopic (exact) mass is 285 g/mol. The highest BCUT2D eigenvalue weighted by molar-refractivity contribution is 6.34. The van der Waals surface area contributed by atoms with E-state index in [1.54, 1.807) is 0 Å². The van der Waals surface area contributed by atoms with E-state index in [-0.39, 0.29) is 21.6 Å². The maximum atomic E-state index is 12.8. The Balaban J connectivity index is 2.21. The largest absolute Gasteiger partial charge is 0.319 e. The van der Waals surface area contributed by atoms with Gasteiger partial charge in [0, 0.05) is 0 Å². The summed E-state index contributed by atoms with van der Waals surface area (Å²) in [7, 11) is 0. The number of anilines is 1. The van der Waals surface area contributed by atoms with Crippen molar-refractivity contribution in [2.24, 2.45) is 0 Å². The summed E-state index contributed by atoms with van der Waals surface area (Å²) in [5.74, 6) is -1.01. The highest BCUT2D eigenvalue weighted by Crippen LogP contribution is 2.22. The van der Waals surface area contributed by atoms with Gasteiger partial charge in [0.25, 0.3) is 5.91 Å². The van der Waals surface area contributed by atoms with Crippen molar-refractivity contribution in [3.63, 3.8) is 0 Å². The molecule has 18 heavy (non-hydrogen) atoms. The molecule has 2 rings (SSSR count). The van der Waals surface area contributed by atoms with Gasteiger partial charge in [0.1, 0.15) is 16.7 Å². The predicted octanol–water partition coefficient (Wildman–Crippen LogP) is 3.17. The molecule has 0 aliphatic carbocycles. The molecule has 92 valence electrons. The molecule has 1 heterocycles. The second kappa shape index (κ2) is 5.29. The van der Waals surface area contributed by atoms with Crippen LogP contribution in [0.25, 0.3) is 0 Å². The molecule has 4 nitrogen and oxygen atoms in total. The lowest BCUT2D eigenvalue weighted by atomic mass is 10.3. The van der Waals surface area contributed by atoms with E-state index < -0.39 is 11.7 Å². The molecule has 0 atom stereocenters. The SMILES string of the molecule is O=C(Nc1ccc(F)cc1Cl)c1cncc(Cl)n1. The van der Waals surface area contributed by atoms with E-state index in [4.69, 9.17) is 23.2 Å². The zero-order chi connectivity index (χ0) is 13.1. The lowest BCUT2D eigenvalue weighted by molar-refractivity contribution is 0.102. The molecule has 1 aromatic carbocycles. The van der Waals surface area contributed by atoms with E-state index in [0.717, 1.165) is 6.07 Å². The molecule has 0 fully saturated rings. The number of rotatable bonds is 2. The number of amides is 1. The van der Waals surface area contributed by atoms with Crippen LogP contribution in [-0.4, -0.2) is 15.9 Å². The van der Waals surface area contributed by atoms with E-state index in [1.165, 1.54) is 24.5 Å². The second-order valence-electron chi connectivity index (χ2n) is 3.31. The number of benzene rings is 1. The normalized spacial score (nSPS) is 10.2. The van der Waals surface area contributed by atoms with Gasteiger partial charge in [-0.2, -0.15) is 0 Å². The number of halogens is 3. The topological polar surface area (TPSA) is 54.9 Å². The van der Waals surface area contributed by atoms with Crippen molar-refractivity contribution in [3.8, 4) is 0 Å². The van der Waals surface area contributed by atoms with E-state index in [0.29, 0.717) is 0 Å². The summed E-state index contributed by atoms with van der Waals surface area (Å²) >= 11 is 11.4. The lowest BCUT2D eigenvalue weighted by Crippen LogP contribution is -2.14. The van der Waals surface area contributed by atoms with Gasteiger partial charge in [0.2, 0.25) is 0 Å². The molecule has 0 saturated heterocycles. The minimum atomic E-state index is -0.529. The minimum absolute atomic E-state index is 0.0443. The number of hydrogen-bond donors (Lipinski definition) is 1. The van der Waals surface area contributed by atoms with Crippen molar-refractivity contribution in [1.29, 1.82) is 0 Å². The summed E-state index contributed by atoms with van der Waals surface area (Å²) in [6, 6.07) is 3.64. The molecule has 2 aromatic rings. The van der Waals surface area contributed by atoms with Crippen LogP contribution in [0.1, 0.15) is 10.5 Å². The van der Waals surface area contributed by atoms with Crippen molar-refractivity contribution in [2.75, 3.05) is 5.32 Å². The Labute approximate surface area is 112 Å². The van der Waals surface area contributed by atoms with E-state index in [1.807, 2.05) is 0 Å². The first-order chi connectivity index (χ1) is 8.56. The van der Waals surface area contributed by atoms with Crippen molar-refractivity contribution >= 4 is 34.8 Å². The Morgan fingerprint density at radius 3 is 2.72 bits per heavy atom. The fraction of sp³-hybridized carbons (Fsp3) is 0. The number of nitrogens with one attached hydrogen (secondary N) is 1. The van der Waals surface area contributed by atoms with Gasteiger partial charge < -0.3 is 5.32 Å². The molecule has 7 heteroatoms. The van der Waals surface area contributed by atoms with Crippen molar-refractivity contribution in [3.05, 3.63) is 52.3 Å². The maximum Gasteiger partial charge on any atom is 0.275 e. The van der Waals surface area contributed by atoms with Crippen LogP contribution in [0.2, 0.25) is 10.2 Å². The fourth-order valence-corrected chi connectivity index (χ4v) is 1.59. The molecule has 1 aromatic heterocycles. The van der Waals surface area contributed by atoms with Gasteiger partial charge in [-0.05, 0) is 18.2 Å². The zero-order valence-electron chi connectivity index (χ0n) is 8.82. The summed E-state index contributed by atoms with van der Waals surface area (Å²) in [5.41, 5.74) is 0.327. The van der Waals surface area contributed by atoms with Gasteiger partial charge in [-0.1, -0.05) is 23.2 Å². The number of nitrogens with zero attached hydrogens (tertiary/aromatic N) is 2. The minimum Gasteiger partial charge on any atom is -0.319 e. The molecule has 0 spiro atoms. The first-order valence-corrected chi connectivity index (χ1v) is 5.56. The summed E-state index contributed by atoms with van der Waals surface area (Å²) in [4.78, 5) is 19.3. The zero-order valence-corrected chi connectivity index (χ0v) is 10.3. The second-order valence-corrected chi connectivity index (χ2v) is 4.10. The van der Waals surface area contributed by atoms with E-state index >= 15 is 0 Å². The molecule has 0 radical (unpaired) electrons. The highest BCUT2D eigenvalue weighted by atomic mass is 35.5. The number of hydrogen-bond acceptors (Lipinski definition) is 3. The quantitative estimate of drug-likeness (QED) is 0.922. The van der Waals surface area contributed by atoms with Crippen molar-refractivity contribution in [1.82, 2.24) is 9.97 Å². The average Bonchev–Trinajstić information content (AvgIpc) is 2.32. The van der Waals surface area contributed by atoms with Gasteiger partial charge in [-0.25, -0.2) is 9.37 Å². The number of aromatic nitrogens is 2. The average molecular weight is 286 g/mol. The summed E-state index contributed by atoms with van der Waals surface area (Å²) in [6.45, 7) is 0. The number of carbonyl (C=O) groups excluding carboxylic acids is 1. The number of carbonyl (C=O) groups is 1. The third-order valence-corrected chi connectivity index (χ3v) is 2.51. The molecule has 0 unspecified atom stereocenters. The van der Waals surface area contributed by atoms with Crippen LogP contribution in [0.3, 0.4) is 0 Å². The Hall–Kier alpha value is -1.72. The summed E-state index contributed by atoms with van der Waals surface area (Å²) < 4.78 is 12.8. The van der Waals surface area contributed by atoms with Gasteiger partial charge in [-0.15, -0.1) is 0 Å². The first kappa shape index (κ1) is 12.7. The van der Waals surface area contributed by atoms with Gasteiger partial charge >= 0.3 is 0 Å². The van der Waals surface area contributed by atoms with Crippen LogP contribution in [0.5, 0.6) is 0 Å². The molecule has 1 amide bonds. The first-order valence-electron chi connectivity index (χ1n) is 4.80. The van der Waals surface area contributed by atoms with Crippen LogP contribution in [0, 0.1) is 5.82 Å². The third-order valence-electron chi connectivity index (χ3n) is 2.02. The molecular weight excluding hydrogens is 280 g/mol. The van der Waals surface area contributed by atoms with Crippen LogP contribution in [0.15, 0.2) is 30.6 Å². The highest BCUT2D eigenvalue weighted by Gasteiger charge is 2.11. The van der Waals surface area contributed by atoms with E-state index in [9.17, 15) is 9.18 Å². The Morgan fingerprint density at radius 1 is 1.28 bits per heavy atom. The molecule has 0 bridgehead atoms. The van der Waals surface area contributed by atoms with Crippen LogP contribution >= 0.6 is 23.2 Å². The van der Waals surface area contributed by atoms with Crippen molar-refractivity contribution in [2.45, 2.75) is 0 Å². The standard InChI is InChI=1S/C11H6Cl2FN3O/c12-7-3-6(14)1-2-8(7)17-11(18)9-4-15-5-10(13)16-9/h1-5H,(H,17,18). The van der Waals surface area contributed by atoms with Gasteiger partial charge in [0.15, 0.2) is 0 Å². The lowest BCUT2D eigenvalue weighted by Gasteiger charge is -2.06. The van der Waals surface area contributed by atoms with Gasteiger partial charge in [-0.3, -0.25) is 9.78 Å². The molecular formula is C11H6Cl2FN3O. The molecule has 0 aliphatic rings. The van der Waals surface area contributed by atoms with E-state index in [2.05, 4.69) is 15.3 Å². The third kappa shape index (κ3) is 2.94. The Bertz CT molecular complexity index is 607. The maximum absolute atomic E-state index is 12.8. The molecule has 1 N–H and O–H groups in total. The van der Waals surface area contributed by atoms with Gasteiger partial charge in [0.05, 0.1) is 23.1 Å². The smallest absolute Gasteiger partial charge is 0.275 e. The predicted molar refractivity (Wildman–Crippen MR) is 66.4 cm³/mol.